The number of rotatable bonds is 3. The van der Waals surface area contributed by atoms with E-state index in [1.807, 2.05) is 19.1 Å². The summed E-state index contributed by atoms with van der Waals surface area (Å²) in [5, 5.41) is 14.4. The van der Waals surface area contributed by atoms with E-state index in [-0.39, 0.29) is 12.6 Å². The van der Waals surface area contributed by atoms with E-state index >= 15 is 0 Å². The number of carbonyl (C=O) groups excluding carboxylic acids is 2. The minimum absolute atomic E-state index is 0.0315. The normalized spacial score (nSPS) is 21.6. The molecule has 0 radical (unpaired) electrons. The molecule has 1 aliphatic rings. The summed E-state index contributed by atoms with van der Waals surface area (Å²) in [4.78, 5) is 23.7. The molecule has 0 spiro atoms. The van der Waals surface area contributed by atoms with Crippen molar-refractivity contribution in [1.29, 1.82) is 0 Å². The maximum absolute atomic E-state index is 11.9. The van der Waals surface area contributed by atoms with Gasteiger partial charge in [-0.3, -0.25) is 9.59 Å². The third-order valence-electron chi connectivity index (χ3n) is 3.96. The molecule has 0 atom stereocenters. The van der Waals surface area contributed by atoms with E-state index in [9.17, 15) is 9.59 Å². The average Bonchev–Trinajstić information content (AvgIpc) is 2.50. The molecule has 1 aliphatic carbocycles. The number of nitrogens with one attached hydrogen (secondary N) is 2. The van der Waals surface area contributed by atoms with Gasteiger partial charge in [-0.2, -0.15) is 0 Å². The Morgan fingerprint density at radius 2 is 1.71 bits per heavy atom. The van der Waals surface area contributed by atoms with Gasteiger partial charge in [-0.05, 0) is 50.7 Å². The topological polar surface area (TPSA) is 78.4 Å². The quantitative estimate of drug-likeness (QED) is 0.740. The second-order valence-corrected chi connectivity index (χ2v) is 5.69. The van der Waals surface area contributed by atoms with Crippen molar-refractivity contribution in [3.8, 4) is 0 Å². The zero-order valence-corrected chi connectivity index (χ0v) is 12.3. The highest BCUT2D eigenvalue weighted by molar-refractivity contribution is 6.39. The Morgan fingerprint density at radius 1 is 1.10 bits per heavy atom. The average molecular weight is 290 g/mol. The number of aliphatic hydroxyl groups is 1. The first kappa shape index (κ1) is 15.5. The largest absolute Gasteiger partial charge is 0.396 e. The summed E-state index contributed by atoms with van der Waals surface area (Å²) in [6.07, 6.45) is 3.41. The number of hydrogen-bond donors (Lipinski definition) is 3. The first-order valence-corrected chi connectivity index (χ1v) is 7.38. The monoisotopic (exact) mass is 290 g/mol. The van der Waals surface area contributed by atoms with Crippen molar-refractivity contribution in [2.45, 2.75) is 38.6 Å². The van der Waals surface area contributed by atoms with Crippen molar-refractivity contribution in [1.82, 2.24) is 5.32 Å². The number of carbonyl (C=O) groups is 2. The number of aryl methyl sites for hydroxylation is 1. The molecule has 2 rings (SSSR count). The van der Waals surface area contributed by atoms with Crippen molar-refractivity contribution >= 4 is 17.5 Å². The van der Waals surface area contributed by atoms with Crippen LogP contribution in [0.1, 0.15) is 31.2 Å². The zero-order chi connectivity index (χ0) is 15.2. The van der Waals surface area contributed by atoms with E-state index in [2.05, 4.69) is 10.6 Å². The zero-order valence-electron chi connectivity index (χ0n) is 12.3. The molecule has 0 heterocycles. The lowest BCUT2D eigenvalue weighted by molar-refractivity contribution is -0.136. The van der Waals surface area contributed by atoms with Crippen LogP contribution >= 0.6 is 0 Å². The molecule has 5 nitrogen and oxygen atoms in total. The van der Waals surface area contributed by atoms with Crippen LogP contribution in [0.4, 0.5) is 5.69 Å². The van der Waals surface area contributed by atoms with Crippen molar-refractivity contribution in [2.24, 2.45) is 5.92 Å². The summed E-state index contributed by atoms with van der Waals surface area (Å²) in [6.45, 7) is 2.16. The highest BCUT2D eigenvalue weighted by atomic mass is 16.3. The van der Waals surface area contributed by atoms with E-state index < -0.39 is 11.8 Å². The third-order valence-corrected chi connectivity index (χ3v) is 3.96. The molecule has 0 bridgehead atoms. The Bertz CT molecular complexity index is 491. The molecule has 0 saturated heterocycles. The predicted octanol–water partition coefficient (Wildman–Crippen LogP) is 1.60. The van der Waals surface area contributed by atoms with Gasteiger partial charge in [0.15, 0.2) is 0 Å². The Hall–Kier alpha value is -1.88. The molecule has 2 amide bonds. The molecule has 21 heavy (non-hydrogen) atoms. The predicted molar refractivity (Wildman–Crippen MR) is 80.8 cm³/mol. The molecule has 5 heteroatoms. The lowest BCUT2D eigenvalue weighted by Crippen LogP contribution is -2.43. The van der Waals surface area contributed by atoms with Crippen LogP contribution in [0.5, 0.6) is 0 Å². The minimum atomic E-state index is -0.636. The van der Waals surface area contributed by atoms with Crippen LogP contribution < -0.4 is 10.6 Å². The smallest absolute Gasteiger partial charge is 0.313 e. The van der Waals surface area contributed by atoms with Crippen molar-refractivity contribution < 1.29 is 14.7 Å². The molecule has 0 aliphatic heterocycles. The van der Waals surface area contributed by atoms with Gasteiger partial charge in [0.1, 0.15) is 0 Å². The Labute approximate surface area is 124 Å². The number of hydrogen-bond acceptors (Lipinski definition) is 3. The van der Waals surface area contributed by atoms with Gasteiger partial charge in [-0.25, -0.2) is 0 Å². The second kappa shape index (κ2) is 7.22. The molecule has 114 valence electrons. The fraction of sp³-hybridized carbons (Fsp3) is 0.500. The third kappa shape index (κ3) is 4.56. The van der Waals surface area contributed by atoms with Gasteiger partial charge in [-0.1, -0.05) is 17.7 Å². The first-order chi connectivity index (χ1) is 10.1. The van der Waals surface area contributed by atoms with Gasteiger partial charge in [-0.15, -0.1) is 0 Å². The van der Waals surface area contributed by atoms with E-state index in [4.69, 9.17) is 5.11 Å². The minimum Gasteiger partial charge on any atom is -0.396 e. The van der Waals surface area contributed by atoms with Gasteiger partial charge in [0, 0.05) is 18.3 Å². The fourth-order valence-corrected chi connectivity index (χ4v) is 2.57. The standard InChI is InChI=1S/C16H22N2O3/c1-11-2-6-13(7-3-11)17-15(20)16(21)18-14-8-4-12(10-19)5-9-14/h2-3,6-7,12,14,19H,4-5,8-10H2,1H3,(H,17,20)(H,18,21). The number of aliphatic hydroxyl groups excluding tert-OH is 1. The van der Waals surface area contributed by atoms with Gasteiger partial charge in [0.2, 0.25) is 0 Å². The van der Waals surface area contributed by atoms with Crippen LogP contribution in [0.15, 0.2) is 24.3 Å². The molecule has 3 N–H and O–H groups in total. The SMILES string of the molecule is Cc1ccc(NC(=O)C(=O)NC2CCC(CO)CC2)cc1. The molecular weight excluding hydrogens is 268 g/mol. The second-order valence-electron chi connectivity index (χ2n) is 5.69. The summed E-state index contributed by atoms with van der Waals surface area (Å²) in [6, 6.07) is 7.33. The number of benzene rings is 1. The number of anilines is 1. The highest BCUT2D eigenvalue weighted by Crippen LogP contribution is 2.23. The maximum atomic E-state index is 11.9. The number of amides is 2. The van der Waals surface area contributed by atoms with Gasteiger partial charge >= 0.3 is 11.8 Å². The maximum Gasteiger partial charge on any atom is 0.313 e. The Balaban J connectivity index is 1.80. The van der Waals surface area contributed by atoms with Crippen LogP contribution in [-0.2, 0) is 9.59 Å². The fourth-order valence-electron chi connectivity index (χ4n) is 2.57. The van der Waals surface area contributed by atoms with E-state index in [1.165, 1.54) is 0 Å². The summed E-state index contributed by atoms with van der Waals surface area (Å²) in [7, 11) is 0. The van der Waals surface area contributed by atoms with Gasteiger partial charge in [0.05, 0.1) is 0 Å². The highest BCUT2D eigenvalue weighted by Gasteiger charge is 2.24. The van der Waals surface area contributed by atoms with Crippen LogP contribution in [0.3, 0.4) is 0 Å². The molecule has 0 unspecified atom stereocenters. The van der Waals surface area contributed by atoms with Crippen molar-refractivity contribution in [3.05, 3.63) is 29.8 Å². The lowest BCUT2D eigenvalue weighted by atomic mass is 9.86. The molecule has 1 aromatic carbocycles. The first-order valence-electron chi connectivity index (χ1n) is 7.38. The molecule has 1 saturated carbocycles. The molecular formula is C16H22N2O3. The van der Waals surface area contributed by atoms with Crippen LogP contribution in [0.2, 0.25) is 0 Å². The molecule has 0 aromatic heterocycles. The summed E-state index contributed by atoms with van der Waals surface area (Å²) in [5.41, 5.74) is 1.71. The Morgan fingerprint density at radius 3 is 2.29 bits per heavy atom. The Kier molecular flexibility index (Phi) is 5.33. The summed E-state index contributed by atoms with van der Waals surface area (Å²) in [5.74, 6) is -0.898. The van der Waals surface area contributed by atoms with E-state index in [0.29, 0.717) is 11.6 Å². The van der Waals surface area contributed by atoms with Crippen molar-refractivity contribution in [2.75, 3.05) is 11.9 Å². The summed E-state index contributed by atoms with van der Waals surface area (Å²) >= 11 is 0. The molecule has 1 aromatic rings. The lowest BCUT2D eigenvalue weighted by Gasteiger charge is -2.27. The van der Waals surface area contributed by atoms with Crippen LogP contribution in [0, 0.1) is 12.8 Å². The van der Waals surface area contributed by atoms with Crippen LogP contribution in [-0.4, -0.2) is 29.6 Å². The van der Waals surface area contributed by atoms with Crippen molar-refractivity contribution in [3.63, 3.8) is 0 Å². The van der Waals surface area contributed by atoms with E-state index in [1.54, 1.807) is 12.1 Å². The van der Waals surface area contributed by atoms with Crippen LogP contribution in [0.25, 0.3) is 0 Å². The van der Waals surface area contributed by atoms with Gasteiger partial charge in [0.25, 0.3) is 0 Å². The summed E-state index contributed by atoms with van der Waals surface area (Å²) < 4.78 is 0. The van der Waals surface area contributed by atoms with Gasteiger partial charge < -0.3 is 15.7 Å². The van der Waals surface area contributed by atoms with E-state index in [0.717, 1.165) is 31.2 Å². The molecule has 1 fully saturated rings.